The van der Waals surface area contributed by atoms with Gasteiger partial charge in [-0.2, -0.15) is 0 Å². The molecule has 0 N–H and O–H groups in total. The standard InChI is InChI=1S/C21H32O3Si/c1-2-25(23-20-14-8-4-9-15-20,24-21-16-10-5-11-17-21)22-18-19-12-6-3-7-13-19/h2-3,6-7,12-13,20-21H,1,4-5,8-11,14-18H2. The third-order valence-corrected chi connectivity index (χ3v) is 7.67. The fourth-order valence-corrected chi connectivity index (χ4v) is 6.11. The van der Waals surface area contributed by atoms with Crippen LogP contribution >= 0.6 is 0 Å². The molecule has 0 aliphatic heterocycles. The summed E-state index contributed by atoms with van der Waals surface area (Å²) in [6.45, 7) is 4.59. The van der Waals surface area contributed by atoms with E-state index < -0.39 is 8.80 Å². The van der Waals surface area contributed by atoms with Crippen LogP contribution in [-0.2, 0) is 19.9 Å². The van der Waals surface area contributed by atoms with E-state index in [0.29, 0.717) is 6.61 Å². The molecule has 0 aromatic heterocycles. The maximum absolute atomic E-state index is 6.53. The molecule has 1 aromatic rings. The predicted octanol–water partition coefficient (Wildman–Crippen LogP) is 5.57. The van der Waals surface area contributed by atoms with Crippen LogP contribution in [0.25, 0.3) is 0 Å². The van der Waals surface area contributed by atoms with Gasteiger partial charge in [-0.3, -0.25) is 0 Å². The van der Waals surface area contributed by atoms with Crippen molar-refractivity contribution in [2.45, 2.75) is 83.0 Å². The van der Waals surface area contributed by atoms with E-state index in [2.05, 4.69) is 18.7 Å². The molecule has 138 valence electrons. The molecule has 4 heteroatoms. The molecule has 2 saturated carbocycles. The fraction of sp³-hybridized carbons (Fsp3) is 0.619. The highest BCUT2D eigenvalue weighted by Gasteiger charge is 2.43. The van der Waals surface area contributed by atoms with Crippen LogP contribution in [0.3, 0.4) is 0 Å². The summed E-state index contributed by atoms with van der Waals surface area (Å²) in [5, 5.41) is 0. The third kappa shape index (κ3) is 5.78. The molecule has 0 amide bonds. The largest absolute Gasteiger partial charge is 0.529 e. The molecule has 3 rings (SSSR count). The first kappa shape index (κ1) is 18.8. The minimum atomic E-state index is -2.86. The van der Waals surface area contributed by atoms with Gasteiger partial charge in [0.05, 0.1) is 6.61 Å². The Balaban J connectivity index is 1.68. The van der Waals surface area contributed by atoms with Gasteiger partial charge >= 0.3 is 8.80 Å². The lowest BCUT2D eigenvalue weighted by atomic mass is 9.98. The van der Waals surface area contributed by atoms with E-state index in [1.807, 2.05) is 23.9 Å². The first-order chi connectivity index (χ1) is 12.3. The Kier molecular flexibility index (Phi) is 7.29. The van der Waals surface area contributed by atoms with Crippen LogP contribution in [0, 0.1) is 0 Å². The predicted molar refractivity (Wildman–Crippen MR) is 103 cm³/mol. The third-order valence-electron chi connectivity index (χ3n) is 5.30. The van der Waals surface area contributed by atoms with Gasteiger partial charge in [-0.15, -0.1) is 0 Å². The van der Waals surface area contributed by atoms with Gasteiger partial charge in [0.15, 0.2) is 0 Å². The van der Waals surface area contributed by atoms with Crippen molar-refractivity contribution in [3.8, 4) is 0 Å². The van der Waals surface area contributed by atoms with Crippen LogP contribution in [-0.4, -0.2) is 21.0 Å². The van der Waals surface area contributed by atoms with Crippen molar-refractivity contribution >= 4 is 8.80 Å². The van der Waals surface area contributed by atoms with Crippen molar-refractivity contribution in [3.05, 3.63) is 48.2 Å². The molecule has 0 radical (unpaired) electrons. The SMILES string of the molecule is C=C[Si](OCc1ccccc1)(OC1CCCCC1)OC1CCCCC1. The summed E-state index contributed by atoms with van der Waals surface area (Å²) in [5.41, 5.74) is 3.01. The van der Waals surface area contributed by atoms with E-state index >= 15 is 0 Å². The second-order valence-electron chi connectivity index (χ2n) is 7.34. The second-order valence-corrected chi connectivity index (χ2v) is 9.71. The fourth-order valence-electron chi connectivity index (χ4n) is 3.84. The molecule has 0 saturated heterocycles. The Labute approximate surface area is 153 Å². The van der Waals surface area contributed by atoms with Gasteiger partial charge in [0.1, 0.15) is 0 Å². The molecule has 3 nitrogen and oxygen atoms in total. The van der Waals surface area contributed by atoms with E-state index in [4.69, 9.17) is 13.3 Å². The highest BCUT2D eigenvalue weighted by molar-refractivity contribution is 6.66. The molecule has 0 heterocycles. The van der Waals surface area contributed by atoms with Gasteiger partial charge in [0, 0.05) is 12.2 Å². The van der Waals surface area contributed by atoms with Crippen LogP contribution < -0.4 is 0 Å². The summed E-state index contributed by atoms with van der Waals surface area (Å²) in [4.78, 5) is 0. The normalized spacial score (nSPS) is 20.5. The Morgan fingerprint density at radius 3 is 1.84 bits per heavy atom. The Hall–Kier alpha value is -0.943. The van der Waals surface area contributed by atoms with Gasteiger partial charge in [0.2, 0.25) is 0 Å². The Morgan fingerprint density at radius 2 is 1.36 bits per heavy atom. The van der Waals surface area contributed by atoms with E-state index in [-0.39, 0.29) is 12.2 Å². The van der Waals surface area contributed by atoms with Crippen molar-refractivity contribution in [3.63, 3.8) is 0 Å². The molecule has 25 heavy (non-hydrogen) atoms. The van der Waals surface area contributed by atoms with Crippen molar-refractivity contribution in [1.82, 2.24) is 0 Å². The Morgan fingerprint density at radius 1 is 0.840 bits per heavy atom. The number of rotatable bonds is 8. The molecule has 0 spiro atoms. The molecule has 0 atom stereocenters. The van der Waals surface area contributed by atoms with Crippen LogP contribution in [0.4, 0.5) is 0 Å². The molecule has 2 aliphatic carbocycles. The topological polar surface area (TPSA) is 27.7 Å². The zero-order valence-corrected chi connectivity index (χ0v) is 16.3. The quantitative estimate of drug-likeness (QED) is 0.568. The molecule has 0 unspecified atom stereocenters. The maximum atomic E-state index is 6.53. The van der Waals surface area contributed by atoms with Gasteiger partial charge in [0.25, 0.3) is 0 Å². The average molecular weight is 361 g/mol. The number of benzene rings is 1. The zero-order chi connectivity index (χ0) is 17.4. The lowest BCUT2D eigenvalue weighted by Crippen LogP contribution is -2.49. The lowest BCUT2D eigenvalue weighted by Gasteiger charge is -2.36. The van der Waals surface area contributed by atoms with Crippen LogP contribution in [0.5, 0.6) is 0 Å². The van der Waals surface area contributed by atoms with Crippen molar-refractivity contribution in [1.29, 1.82) is 0 Å². The molecular weight excluding hydrogens is 328 g/mol. The van der Waals surface area contributed by atoms with Crippen LogP contribution in [0.15, 0.2) is 42.6 Å². The van der Waals surface area contributed by atoms with Crippen LogP contribution in [0.1, 0.15) is 69.8 Å². The van der Waals surface area contributed by atoms with E-state index in [1.54, 1.807) is 0 Å². The van der Waals surface area contributed by atoms with E-state index in [0.717, 1.165) is 31.2 Å². The van der Waals surface area contributed by atoms with Crippen molar-refractivity contribution in [2.75, 3.05) is 0 Å². The molecule has 0 bridgehead atoms. The second kappa shape index (κ2) is 9.67. The first-order valence-corrected chi connectivity index (χ1v) is 11.8. The summed E-state index contributed by atoms with van der Waals surface area (Å²) in [5.74, 6) is 0. The number of hydrogen-bond donors (Lipinski definition) is 0. The van der Waals surface area contributed by atoms with Gasteiger partial charge in [-0.25, -0.2) is 0 Å². The molecule has 2 fully saturated rings. The minimum Gasteiger partial charge on any atom is -0.367 e. The highest BCUT2D eigenvalue weighted by Crippen LogP contribution is 2.30. The molecule has 1 aromatic carbocycles. The first-order valence-electron chi connectivity index (χ1n) is 9.97. The zero-order valence-electron chi connectivity index (χ0n) is 15.3. The van der Waals surface area contributed by atoms with E-state index in [1.165, 1.54) is 38.5 Å². The summed E-state index contributed by atoms with van der Waals surface area (Å²) >= 11 is 0. The lowest BCUT2D eigenvalue weighted by molar-refractivity contribution is -0.0108. The van der Waals surface area contributed by atoms with E-state index in [9.17, 15) is 0 Å². The van der Waals surface area contributed by atoms with Crippen LogP contribution in [0.2, 0.25) is 0 Å². The maximum Gasteiger partial charge on any atom is 0.529 e. The number of hydrogen-bond acceptors (Lipinski definition) is 3. The minimum absolute atomic E-state index is 0.262. The van der Waals surface area contributed by atoms with Gasteiger partial charge < -0.3 is 13.3 Å². The van der Waals surface area contributed by atoms with Crippen molar-refractivity contribution < 1.29 is 13.3 Å². The summed E-state index contributed by atoms with van der Waals surface area (Å²) in [6, 6.07) is 10.3. The van der Waals surface area contributed by atoms with Crippen molar-refractivity contribution in [2.24, 2.45) is 0 Å². The van der Waals surface area contributed by atoms with Gasteiger partial charge in [-0.05, 0) is 36.9 Å². The summed E-state index contributed by atoms with van der Waals surface area (Å²) < 4.78 is 19.4. The Bertz CT molecular complexity index is 487. The monoisotopic (exact) mass is 360 g/mol. The summed E-state index contributed by atoms with van der Waals surface area (Å²) in [7, 11) is -2.86. The summed E-state index contributed by atoms with van der Waals surface area (Å²) in [6.07, 6.45) is 12.6. The average Bonchev–Trinajstić information content (AvgIpc) is 2.68. The smallest absolute Gasteiger partial charge is 0.367 e. The highest BCUT2D eigenvalue weighted by atomic mass is 28.4. The molecular formula is C21H32O3Si. The molecule has 2 aliphatic rings. The van der Waals surface area contributed by atoms with Gasteiger partial charge in [-0.1, -0.05) is 75.4 Å².